The first-order chi connectivity index (χ1) is 16.7. The van der Waals surface area contributed by atoms with E-state index in [-0.39, 0.29) is 6.10 Å². The molecule has 9 nitrogen and oxygen atoms in total. The number of piperidine rings is 1. The van der Waals surface area contributed by atoms with Crippen LogP contribution in [0, 0.1) is 11.8 Å². The van der Waals surface area contributed by atoms with Gasteiger partial charge in [-0.05, 0) is 78.9 Å². The van der Waals surface area contributed by atoms with Crippen molar-refractivity contribution in [2.24, 2.45) is 11.8 Å². The third-order valence-corrected chi connectivity index (χ3v) is 7.28. The number of aromatic nitrogens is 5. The summed E-state index contributed by atoms with van der Waals surface area (Å²) in [7, 11) is 0. The number of hydrogen-bond acceptors (Lipinski definition) is 6. The summed E-state index contributed by atoms with van der Waals surface area (Å²) in [6.45, 7) is 0.763. The van der Waals surface area contributed by atoms with Crippen LogP contribution in [0.1, 0.15) is 25.7 Å². The minimum Gasteiger partial charge on any atom is -0.490 e. The summed E-state index contributed by atoms with van der Waals surface area (Å²) in [6.07, 6.45) is 5.52. The van der Waals surface area contributed by atoms with E-state index in [1.165, 1.54) is 5.39 Å². The molecule has 1 aliphatic heterocycles. The summed E-state index contributed by atoms with van der Waals surface area (Å²) in [5.74, 6) is 1.27. The van der Waals surface area contributed by atoms with Crippen molar-refractivity contribution in [1.82, 2.24) is 30.5 Å². The SMILES string of the molecule is O=C(O)[C@@H]1C[C@@H]2C[C@@H](Oc3cc(-n4ccc5ccccc54)ccc3-c3nn[nH]n3)CC[C@H]2CN1. The molecule has 0 bridgehead atoms. The highest BCUT2D eigenvalue weighted by Gasteiger charge is 2.38. The van der Waals surface area contributed by atoms with Gasteiger partial charge in [-0.25, -0.2) is 0 Å². The Morgan fingerprint density at radius 1 is 1.09 bits per heavy atom. The van der Waals surface area contributed by atoms with Gasteiger partial charge in [0.15, 0.2) is 0 Å². The number of ether oxygens (including phenoxy) is 1. The van der Waals surface area contributed by atoms with Crippen molar-refractivity contribution in [2.75, 3.05) is 6.54 Å². The molecule has 2 aromatic heterocycles. The molecule has 6 rings (SSSR count). The Bertz CT molecular complexity index is 1320. The van der Waals surface area contributed by atoms with Crippen molar-refractivity contribution in [3.05, 3.63) is 54.7 Å². The molecule has 174 valence electrons. The highest BCUT2D eigenvalue weighted by atomic mass is 16.5. The van der Waals surface area contributed by atoms with Crippen molar-refractivity contribution in [1.29, 1.82) is 0 Å². The summed E-state index contributed by atoms with van der Waals surface area (Å²) in [5, 5.41) is 28.4. The van der Waals surface area contributed by atoms with E-state index in [1.54, 1.807) is 0 Å². The van der Waals surface area contributed by atoms with Crippen molar-refractivity contribution in [2.45, 2.75) is 37.8 Å². The van der Waals surface area contributed by atoms with Crippen molar-refractivity contribution in [3.8, 4) is 22.8 Å². The van der Waals surface area contributed by atoms with Crippen LogP contribution in [-0.2, 0) is 4.79 Å². The number of carbonyl (C=O) groups is 1. The molecular weight excluding hydrogens is 432 g/mol. The molecule has 0 amide bonds. The topological polar surface area (TPSA) is 118 Å². The Hall–Kier alpha value is -3.72. The van der Waals surface area contributed by atoms with Crippen molar-refractivity contribution >= 4 is 16.9 Å². The van der Waals surface area contributed by atoms with Crippen LogP contribution in [0.5, 0.6) is 5.75 Å². The number of hydrogen-bond donors (Lipinski definition) is 3. The fraction of sp³-hybridized carbons (Fsp3) is 0.360. The molecule has 3 N–H and O–H groups in total. The Morgan fingerprint density at radius 2 is 2.00 bits per heavy atom. The van der Waals surface area contributed by atoms with Crippen molar-refractivity contribution < 1.29 is 14.6 Å². The molecule has 9 heteroatoms. The highest BCUT2D eigenvalue weighted by Crippen LogP contribution is 2.39. The second-order valence-electron chi connectivity index (χ2n) is 9.27. The molecule has 2 aromatic carbocycles. The number of aliphatic carboxylic acids is 1. The van der Waals surface area contributed by atoms with Gasteiger partial charge in [0.1, 0.15) is 11.8 Å². The molecule has 0 radical (unpaired) electrons. The number of para-hydroxylation sites is 1. The Kier molecular flexibility index (Phi) is 5.26. The third kappa shape index (κ3) is 3.81. The fourth-order valence-corrected chi connectivity index (χ4v) is 5.52. The number of H-pyrrole nitrogens is 1. The molecule has 0 spiro atoms. The maximum absolute atomic E-state index is 11.5. The zero-order valence-corrected chi connectivity index (χ0v) is 18.6. The summed E-state index contributed by atoms with van der Waals surface area (Å²) in [6, 6.07) is 15.9. The number of benzene rings is 2. The number of nitrogens with zero attached hydrogens (tertiary/aromatic N) is 4. The zero-order valence-electron chi connectivity index (χ0n) is 18.6. The first-order valence-corrected chi connectivity index (χ1v) is 11.7. The van der Waals surface area contributed by atoms with Crippen LogP contribution in [0.2, 0.25) is 0 Å². The summed E-state index contributed by atoms with van der Waals surface area (Å²) in [5.41, 5.74) is 2.89. The van der Waals surface area contributed by atoms with E-state index in [2.05, 4.69) is 54.9 Å². The predicted molar refractivity (Wildman–Crippen MR) is 126 cm³/mol. The third-order valence-electron chi connectivity index (χ3n) is 7.28. The highest BCUT2D eigenvalue weighted by molar-refractivity contribution is 5.82. The molecule has 2 fully saturated rings. The second-order valence-corrected chi connectivity index (χ2v) is 9.27. The van der Waals surface area contributed by atoms with Gasteiger partial charge in [0, 0.05) is 18.0 Å². The van der Waals surface area contributed by atoms with E-state index in [0.717, 1.165) is 42.6 Å². The lowest BCUT2D eigenvalue weighted by Gasteiger charge is -2.41. The number of fused-ring (bicyclic) bond motifs is 2. The maximum Gasteiger partial charge on any atom is 0.320 e. The van der Waals surface area contributed by atoms with Crippen LogP contribution in [0.4, 0.5) is 0 Å². The standard InChI is InChI=1S/C25H26N6O3/c32-25(33)21-12-17-11-19(7-5-16(17)14-26-21)34-23-13-18(6-8-20(23)24-27-29-30-28-24)31-10-9-15-3-1-2-4-22(15)31/h1-4,6,8-10,13,16-17,19,21,26H,5,7,11-12,14H2,(H,32,33)(H,27,28,29,30)/t16-,17-,19-,21-/m0/s1. The fourth-order valence-electron chi connectivity index (χ4n) is 5.52. The molecule has 4 atom stereocenters. The molecule has 1 aliphatic carbocycles. The van der Waals surface area contributed by atoms with E-state index < -0.39 is 12.0 Å². The van der Waals surface area contributed by atoms with E-state index in [1.807, 2.05) is 30.3 Å². The monoisotopic (exact) mass is 458 g/mol. The molecule has 1 saturated heterocycles. The average molecular weight is 459 g/mol. The van der Waals surface area contributed by atoms with E-state index in [9.17, 15) is 9.90 Å². The predicted octanol–water partition coefficient (Wildman–Crippen LogP) is 3.42. The quantitative estimate of drug-likeness (QED) is 0.419. The Balaban J connectivity index is 1.31. The number of tetrazole rings is 1. The molecule has 4 aromatic rings. The lowest BCUT2D eigenvalue weighted by atomic mass is 9.72. The number of aromatic amines is 1. The largest absolute Gasteiger partial charge is 0.490 e. The molecule has 0 unspecified atom stereocenters. The lowest BCUT2D eigenvalue weighted by Crippen LogP contribution is -2.50. The minimum atomic E-state index is -0.771. The molecule has 1 saturated carbocycles. The van der Waals surface area contributed by atoms with Gasteiger partial charge in [-0.15, -0.1) is 10.2 Å². The Labute approximate surface area is 196 Å². The van der Waals surface area contributed by atoms with E-state index in [4.69, 9.17) is 4.74 Å². The first-order valence-electron chi connectivity index (χ1n) is 11.7. The number of carboxylic acid groups (broad SMARTS) is 1. The van der Waals surface area contributed by atoms with Crippen LogP contribution >= 0.6 is 0 Å². The summed E-state index contributed by atoms with van der Waals surface area (Å²) in [4.78, 5) is 11.5. The molecule has 34 heavy (non-hydrogen) atoms. The van der Waals surface area contributed by atoms with E-state index >= 15 is 0 Å². The van der Waals surface area contributed by atoms with Crippen LogP contribution in [0.15, 0.2) is 54.7 Å². The van der Waals surface area contributed by atoms with E-state index in [0.29, 0.717) is 29.8 Å². The normalized spacial score (nSPS) is 24.6. The Morgan fingerprint density at radius 3 is 2.85 bits per heavy atom. The van der Waals surface area contributed by atoms with Gasteiger partial charge >= 0.3 is 5.97 Å². The van der Waals surface area contributed by atoms with Crippen LogP contribution in [-0.4, -0.2) is 55.0 Å². The summed E-state index contributed by atoms with van der Waals surface area (Å²) < 4.78 is 8.75. The van der Waals surface area contributed by atoms with Crippen LogP contribution in [0.25, 0.3) is 28.0 Å². The average Bonchev–Trinajstić information content (AvgIpc) is 3.54. The first kappa shape index (κ1) is 20.9. The maximum atomic E-state index is 11.5. The van der Waals surface area contributed by atoms with Gasteiger partial charge < -0.3 is 19.7 Å². The van der Waals surface area contributed by atoms with Gasteiger partial charge in [0.05, 0.1) is 17.2 Å². The lowest BCUT2D eigenvalue weighted by molar-refractivity contribution is -0.141. The molecule has 2 aliphatic rings. The molecular formula is C25H26N6O3. The second kappa shape index (κ2) is 8.57. The number of nitrogens with one attached hydrogen (secondary N) is 2. The van der Waals surface area contributed by atoms with Crippen molar-refractivity contribution in [3.63, 3.8) is 0 Å². The number of rotatable bonds is 5. The van der Waals surface area contributed by atoms with Gasteiger partial charge in [0.25, 0.3) is 0 Å². The van der Waals surface area contributed by atoms with Gasteiger partial charge in [-0.1, -0.05) is 18.2 Å². The minimum absolute atomic E-state index is 0.0103. The number of carboxylic acids is 1. The van der Waals surface area contributed by atoms with Gasteiger partial charge in [-0.3, -0.25) is 4.79 Å². The van der Waals surface area contributed by atoms with Crippen LogP contribution in [0.3, 0.4) is 0 Å². The van der Waals surface area contributed by atoms with Gasteiger partial charge in [0.2, 0.25) is 5.82 Å². The summed E-state index contributed by atoms with van der Waals surface area (Å²) >= 11 is 0. The smallest absolute Gasteiger partial charge is 0.320 e. The van der Waals surface area contributed by atoms with Crippen LogP contribution < -0.4 is 10.1 Å². The zero-order chi connectivity index (χ0) is 23.1. The molecule has 3 heterocycles. The van der Waals surface area contributed by atoms with Gasteiger partial charge in [-0.2, -0.15) is 5.21 Å².